The maximum absolute atomic E-state index is 2.41. The summed E-state index contributed by atoms with van der Waals surface area (Å²) in [5.41, 5.74) is 7.67. The molecular weight excluding hydrogens is 454 g/mol. The van der Waals surface area contributed by atoms with Gasteiger partial charge in [0.15, 0.2) is 0 Å². The van der Waals surface area contributed by atoms with Gasteiger partial charge in [0.1, 0.15) is 0 Å². The third kappa shape index (κ3) is 2.95. The highest BCUT2D eigenvalue weighted by molar-refractivity contribution is 7.19. The monoisotopic (exact) mass is 477 g/mol. The van der Waals surface area contributed by atoms with E-state index < -0.39 is 0 Å². The molecule has 0 fully saturated rings. The number of allylic oxidation sites excluding steroid dienone is 1. The summed E-state index contributed by atoms with van der Waals surface area (Å²) < 4.78 is 3.80. The topological polar surface area (TPSA) is 4.93 Å². The number of aromatic nitrogens is 1. The fourth-order valence-electron chi connectivity index (χ4n) is 5.88. The summed E-state index contributed by atoms with van der Waals surface area (Å²) in [7, 11) is 0. The van der Waals surface area contributed by atoms with Crippen molar-refractivity contribution in [3.63, 3.8) is 0 Å². The molecule has 0 N–H and O–H groups in total. The molecule has 1 nitrogen and oxygen atoms in total. The standard InChI is InChI=1S/C34H23NS/c1-2-8-23-19-26(16-13-22(23)7-1)35-31-11-5-3-9-27(31)29-20-24(14-17-32(29)35)25-15-18-34-30(21-25)28-10-4-6-12-33(28)36-34/h1-5,7-11,13-21H,6,12H2. The van der Waals surface area contributed by atoms with Gasteiger partial charge in [-0.05, 0) is 82.8 Å². The quantitative estimate of drug-likeness (QED) is 0.233. The zero-order valence-corrected chi connectivity index (χ0v) is 20.6. The van der Waals surface area contributed by atoms with Crippen LogP contribution in [-0.4, -0.2) is 4.57 Å². The maximum atomic E-state index is 2.41. The lowest BCUT2D eigenvalue weighted by atomic mass is 9.98. The summed E-state index contributed by atoms with van der Waals surface area (Å²) in [4.78, 5) is 1.53. The number of para-hydroxylation sites is 1. The normalized spacial score (nSPS) is 13.2. The van der Waals surface area contributed by atoms with Gasteiger partial charge >= 0.3 is 0 Å². The van der Waals surface area contributed by atoms with Crippen molar-refractivity contribution in [2.45, 2.75) is 12.8 Å². The van der Waals surface area contributed by atoms with Gasteiger partial charge in [0.2, 0.25) is 0 Å². The van der Waals surface area contributed by atoms with E-state index in [0.717, 1.165) is 6.42 Å². The molecule has 0 saturated carbocycles. The second-order valence-electron chi connectivity index (χ2n) is 9.71. The van der Waals surface area contributed by atoms with E-state index in [1.54, 1.807) is 0 Å². The zero-order chi connectivity index (χ0) is 23.6. The number of hydrogen-bond acceptors (Lipinski definition) is 1. The highest BCUT2D eigenvalue weighted by Gasteiger charge is 2.16. The van der Waals surface area contributed by atoms with Crippen LogP contribution in [0.4, 0.5) is 0 Å². The number of benzene rings is 5. The van der Waals surface area contributed by atoms with Gasteiger partial charge < -0.3 is 4.57 Å². The largest absolute Gasteiger partial charge is 0.309 e. The predicted molar refractivity (Wildman–Crippen MR) is 156 cm³/mol. The Balaban J connectivity index is 1.35. The van der Waals surface area contributed by atoms with E-state index >= 15 is 0 Å². The lowest BCUT2D eigenvalue weighted by Crippen LogP contribution is -1.93. The van der Waals surface area contributed by atoms with Crippen molar-refractivity contribution >= 4 is 60.1 Å². The van der Waals surface area contributed by atoms with E-state index in [4.69, 9.17) is 0 Å². The van der Waals surface area contributed by atoms with Crippen molar-refractivity contribution in [1.82, 2.24) is 4.57 Å². The van der Waals surface area contributed by atoms with Crippen molar-refractivity contribution in [2.75, 3.05) is 0 Å². The van der Waals surface area contributed by atoms with E-state index in [0.29, 0.717) is 0 Å². The molecule has 2 aromatic heterocycles. The second kappa shape index (κ2) is 7.68. The minimum Gasteiger partial charge on any atom is -0.309 e. The molecule has 1 aliphatic rings. The lowest BCUT2D eigenvalue weighted by Gasteiger charge is -2.10. The Hall–Kier alpha value is -4.14. The van der Waals surface area contributed by atoms with Crippen LogP contribution in [0.15, 0.2) is 109 Å². The van der Waals surface area contributed by atoms with Gasteiger partial charge in [0.05, 0.1) is 11.0 Å². The third-order valence-electron chi connectivity index (χ3n) is 7.62. The molecule has 170 valence electrons. The SMILES string of the molecule is C1=Cc2c(sc3ccc(-c4ccc5c(c4)c4ccccc4n5-c4ccc5ccccc5c4)cc23)CC1. The first-order valence-corrected chi connectivity index (χ1v) is 13.4. The van der Waals surface area contributed by atoms with Gasteiger partial charge in [0, 0.05) is 31.4 Å². The van der Waals surface area contributed by atoms with Crippen LogP contribution in [0, 0.1) is 0 Å². The van der Waals surface area contributed by atoms with Crippen LogP contribution in [0.3, 0.4) is 0 Å². The first kappa shape index (κ1) is 20.1. The van der Waals surface area contributed by atoms with Crippen molar-refractivity contribution < 1.29 is 0 Å². The third-order valence-corrected chi connectivity index (χ3v) is 8.87. The highest BCUT2D eigenvalue weighted by Crippen LogP contribution is 2.39. The predicted octanol–water partition coefficient (Wildman–Crippen LogP) is 9.78. The average Bonchev–Trinajstić information content (AvgIpc) is 3.48. The molecule has 0 amide bonds. The van der Waals surface area contributed by atoms with E-state index in [9.17, 15) is 0 Å². The lowest BCUT2D eigenvalue weighted by molar-refractivity contribution is 1.02. The Morgan fingerprint density at radius 3 is 2.33 bits per heavy atom. The summed E-state index contributed by atoms with van der Waals surface area (Å²) in [5, 5.41) is 6.51. The molecule has 8 rings (SSSR count). The first-order chi connectivity index (χ1) is 17.8. The molecule has 1 aliphatic carbocycles. The molecule has 36 heavy (non-hydrogen) atoms. The van der Waals surface area contributed by atoms with Crippen LogP contribution in [0.5, 0.6) is 0 Å². The van der Waals surface area contributed by atoms with Crippen LogP contribution in [-0.2, 0) is 6.42 Å². The van der Waals surface area contributed by atoms with Crippen LogP contribution in [0.2, 0.25) is 0 Å². The summed E-state index contributed by atoms with van der Waals surface area (Å²) in [6.07, 6.45) is 6.96. The molecule has 7 aromatic rings. The molecule has 0 spiro atoms. The van der Waals surface area contributed by atoms with Gasteiger partial charge in [-0.2, -0.15) is 0 Å². The van der Waals surface area contributed by atoms with Gasteiger partial charge in [-0.3, -0.25) is 0 Å². The number of rotatable bonds is 2. The van der Waals surface area contributed by atoms with Crippen LogP contribution < -0.4 is 0 Å². The summed E-state index contributed by atoms with van der Waals surface area (Å²) in [5.74, 6) is 0. The van der Waals surface area contributed by atoms with Gasteiger partial charge in [-0.25, -0.2) is 0 Å². The number of thiophene rings is 1. The summed E-state index contributed by atoms with van der Waals surface area (Å²) >= 11 is 1.96. The average molecular weight is 478 g/mol. The Labute approximate surface area is 213 Å². The Kier molecular flexibility index (Phi) is 4.29. The van der Waals surface area contributed by atoms with Crippen molar-refractivity contribution in [3.8, 4) is 16.8 Å². The Bertz CT molecular complexity index is 2000. The number of aryl methyl sites for hydroxylation is 1. The van der Waals surface area contributed by atoms with Crippen LogP contribution in [0.25, 0.3) is 65.6 Å². The fraction of sp³-hybridized carbons (Fsp3) is 0.0588. The van der Waals surface area contributed by atoms with Gasteiger partial charge in [-0.15, -0.1) is 11.3 Å². The molecule has 0 saturated heterocycles. The number of fused-ring (bicyclic) bond motifs is 7. The molecule has 0 bridgehead atoms. The molecule has 5 aromatic carbocycles. The fourth-order valence-corrected chi connectivity index (χ4v) is 7.07. The van der Waals surface area contributed by atoms with Crippen molar-refractivity contribution in [3.05, 3.63) is 120 Å². The molecule has 0 aliphatic heterocycles. The van der Waals surface area contributed by atoms with E-state index in [2.05, 4.69) is 120 Å². The zero-order valence-electron chi connectivity index (χ0n) is 19.7. The summed E-state index contributed by atoms with van der Waals surface area (Å²) in [6.45, 7) is 0. The highest BCUT2D eigenvalue weighted by atomic mass is 32.1. The van der Waals surface area contributed by atoms with E-state index in [-0.39, 0.29) is 0 Å². The first-order valence-electron chi connectivity index (χ1n) is 12.6. The second-order valence-corrected chi connectivity index (χ2v) is 10.8. The molecule has 0 atom stereocenters. The number of hydrogen-bond donors (Lipinski definition) is 0. The van der Waals surface area contributed by atoms with E-state index in [1.807, 2.05) is 11.3 Å². The summed E-state index contributed by atoms with van der Waals surface area (Å²) in [6, 6.07) is 38.1. The minimum absolute atomic E-state index is 1.16. The molecule has 2 heterocycles. The smallest absolute Gasteiger partial charge is 0.0541 e. The molecule has 0 unspecified atom stereocenters. The van der Waals surface area contributed by atoms with Crippen molar-refractivity contribution in [1.29, 1.82) is 0 Å². The maximum Gasteiger partial charge on any atom is 0.0541 e. The van der Waals surface area contributed by atoms with Gasteiger partial charge in [0.25, 0.3) is 0 Å². The Morgan fingerprint density at radius 1 is 0.611 bits per heavy atom. The van der Waals surface area contributed by atoms with E-state index in [1.165, 1.54) is 76.3 Å². The van der Waals surface area contributed by atoms with Crippen LogP contribution >= 0.6 is 11.3 Å². The number of nitrogens with zero attached hydrogens (tertiary/aromatic N) is 1. The molecular formula is C34H23NS. The van der Waals surface area contributed by atoms with Crippen LogP contribution in [0.1, 0.15) is 16.9 Å². The molecule has 2 heteroatoms. The Morgan fingerprint density at radius 2 is 1.39 bits per heavy atom. The van der Waals surface area contributed by atoms with Gasteiger partial charge in [-0.1, -0.05) is 72.8 Å². The molecule has 0 radical (unpaired) electrons. The van der Waals surface area contributed by atoms with Crippen molar-refractivity contribution in [2.24, 2.45) is 0 Å². The minimum atomic E-state index is 1.16.